The van der Waals surface area contributed by atoms with Gasteiger partial charge in [0.05, 0.1) is 0 Å². The summed E-state index contributed by atoms with van der Waals surface area (Å²) in [6, 6.07) is 5.26. The van der Waals surface area contributed by atoms with Crippen LogP contribution in [-0.2, 0) is 0 Å². The van der Waals surface area contributed by atoms with Crippen molar-refractivity contribution >= 4 is 17.4 Å². The standard InChI is InChI=1S/C11H12F3N3O/c12-11(13,14)10(5-6-10)17-9(18)16-8-3-1-7(15)2-4-8/h1-4H,5-6,15H2,(H2,16,17,18). The molecule has 0 aromatic heterocycles. The van der Waals surface area contributed by atoms with Crippen molar-refractivity contribution in [1.82, 2.24) is 5.32 Å². The van der Waals surface area contributed by atoms with Crippen LogP contribution in [0.1, 0.15) is 12.8 Å². The largest absolute Gasteiger partial charge is 0.411 e. The molecule has 0 bridgehead atoms. The van der Waals surface area contributed by atoms with Crippen molar-refractivity contribution in [2.45, 2.75) is 24.6 Å². The molecule has 1 aromatic carbocycles. The normalized spacial score (nSPS) is 17.1. The molecule has 2 amide bonds. The second kappa shape index (κ2) is 4.08. The van der Waals surface area contributed by atoms with E-state index in [1.54, 1.807) is 12.1 Å². The van der Waals surface area contributed by atoms with Crippen molar-refractivity contribution in [1.29, 1.82) is 0 Å². The van der Waals surface area contributed by atoms with Crippen molar-refractivity contribution in [2.24, 2.45) is 0 Å². The lowest BCUT2D eigenvalue weighted by molar-refractivity contribution is -0.162. The first-order valence-electron chi connectivity index (χ1n) is 5.34. The Hall–Kier alpha value is -1.92. The molecule has 18 heavy (non-hydrogen) atoms. The zero-order chi connectivity index (χ0) is 13.4. The molecule has 0 saturated heterocycles. The number of hydrogen-bond acceptors (Lipinski definition) is 2. The average Bonchev–Trinajstić information content (AvgIpc) is 3.01. The summed E-state index contributed by atoms with van der Waals surface area (Å²) in [5, 5.41) is 4.30. The second-order valence-corrected chi connectivity index (χ2v) is 4.28. The molecule has 0 unspecified atom stereocenters. The third-order valence-electron chi connectivity index (χ3n) is 2.81. The Bertz CT molecular complexity index is 452. The highest BCUT2D eigenvalue weighted by molar-refractivity contribution is 5.90. The Morgan fingerprint density at radius 3 is 2.22 bits per heavy atom. The van der Waals surface area contributed by atoms with Gasteiger partial charge < -0.3 is 16.4 Å². The minimum absolute atomic E-state index is 0.0777. The highest BCUT2D eigenvalue weighted by Gasteiger charge is 2.64. The maximum absolute atomic E-state index is 12.6. The van der Waals surface area contributed by atoms with Gasteiger partial charge in [0.1, 0.15) is 5.54 Å². The lowest BCUT2D eigenvalue weighted by atomic mass is 10.2. The molecule has 0 heterocycles. The van der Waals surface area contributed by atoms with E-state index in [1.165, 1.54) is 12.1 Å². The van der Waals surface area contributed by atoms with E-state index >= 15 is 0 Å². The molecule has 1 aliphatic rings. The topological polar surface area (TPSA) is 67.1 Å². The van der Waals surface area contributed by atoms with Crippen LogP contribution in [0.4, 0.5) is 29.3 Å². The number of hydrogen-bond donors (Lipinski definition) is 3. The monoisotopic (exact) mass is 259 g/mol. The summed E-state index contributed by atoms with van der Waals surface area (Å²) in [5.41, 5.74) is 4.30. The predicted octanol–water partition coefficient (Wildman–Crippen LogP) is 2.49. The lowest BCUT2D eigenvalue weighted by Crippen LogP contribution is -2.49. The third kappa shape index (κ3) is 2.49. The van der Waals surface area contributed by atoms with Gasteiger partial charge in [-0.05, 0) is 37.1 Å². The van der Waals surface area contributed by atoms with Crippen LogP contribution in [-0.4, -0.2) is 17.7 Å². The third-order valence-corrected chi connectivity index (χ3v) is 2.81. The molecule has 1 aliphatic carbocycles. The van der Waals surface area contributed by atoms with E-state index < -0.39 is 17.7 Å². The summed E-state index contributed by atoms with van der Waals surface area (Å²) in [6.07, 6.45) is -4.57. The number of carbonyl (C=O) groups is 1. The van der Waals surface area contributed by atoms with Crippen molar-refractivity contribution in [3.63, 3.8) is 0 Å². The van der Waals surface area contributed by atoms with Gasteiger partial charge >= 0.3 is 12.2 Å². The summed E-state index contributed by atoms with van der Waals surface area (Å²) < 4.78 is 37.8. The maximum Gasteiger partial charge on any atom is 0.411 e. The molecule has 7 heteroatoms. The number of carbonyl (C=O) groups excluding carboxylic acids is 1. The zero-order valence-corrected chi connectivity index (χ0v) is 9.34. The van der Waals surface area contributed by atoms with E-state index in [-0.39, 0.29) is 12.8 Å². The van der Waals surface area contributed by atoms with Crippen LogP contribution in [0.25, 0.3) is 0 Å². The van der Waals surface area contributed by atoms with Crippen molar-refractivity contribution in [3.05, 3.63) is 24.3 Å². The second-order valence-electron chi connectivity index (χ2n) is 4.28. The Morgan fingerprint density at radius 1 is 1.22 bits per heavy atom. The fourth-order valence-electron chi connectivity index (χ4n) is 1.55. The van der Waals surface area contributed by atoms with Gasteiger partial charge in [0, 0.05) is 11.4 Å². The number of nitrogens with one attached hydrogen (secondary N) is 2. The van der Waals surface area contributed by atoms with Gasteiger partial charge in [-0.1, -0.05) is 0 Å². The van der Waals surface area contributed by atoms with Gasteiger partial charge in [-0.3, -0.25) is 0 Å². The summed E-state index contributed by atoms with van der Waals surface area (Å²) in [4.78, 5) is 11.4. The molecule has 4 N–H and O–H groups in total. The van der Waals surface area contributed by atoms with Crippen LogP contribution in [0.5, 0.6) is 0 Å². The molecular weight excluding hydrogens is 247 g/mol. The minimum Gasteiger partial charge on any atom is -0.399 e. The number of benzene rings is 1. The smallest absolute Gasteiger partial charge is 0.399 e. The first kappa shape index (κ1) is 12.5. The minimum atomic E-state index is -4.41. The highest BCUT2D eigenvalue weighted by atomic mass is 19.4. The SMILES string of the molecule is Nc1ccc(NC(=O)NC2(C(F)(F)F)CC2)cc1. The molecule has 1 saturated carbocycles. The van der Waals surface area contributed by atoms with E-state index in [1.807, 2.05) is 5.32 Å². The molecular formula is C11H12F3N3O. The number of halogens is 3. The predicted molar refractivity (Wildman–Crippen MR) is 61.0 cm³/mol. The number of nitrogens with two attached hydrogens (primary N) is 1. The van der Waals surface area contributed by atoms with E-state index in [0.717, 1.165) is 0 Å². The Morgan fingerprint density at radius 2 is 1.78 bits per heavy atom. The Kier molecular flexibility index (Phi) is 2.84. The van der Waals surface area contributed by atoms with E-state index in [4.69, 9.17) is 5.73 Å². The van der Waals surface area contributed by atoms with Crippen molar-refractivity contribution in [2.75, 3.05) is 11.1 Å². The Labute approximate surface area is 101 Å². The van der Waals surface area contributed by atoms with Crippen molar-refractivity contribution in [3.8, 4) is 0 Å². The molecule has 1 aromatic rings. The first-order chi connectivity index (χ1) is 8.32. The van der Waals surface area contributed by atoms with Gasteiger partial charge in [0.15, 0.2) is 0 Å². The Balaban J connectivity index is 1.96. The molecule has 0 spiro atoms. The van der Waals surface area contributed by atoms with Crippen LogP contribution in [0.15, 0.2) is 24.3 Å². The van der Waals surface area contributed by atoms with Gasteiger partial charge in [-0.15, -0.1) is 0 Å². The van der Waals surface area contributed by atoms with Crippen LogP contribution in [0.3, 0.4) is 0 Å². The maximum atomic E-state index is 12.6. The number of rotatable bonds is 2. The molecule has 0 atom stereocenters. The van der Waals surface area contributed by atoms with Crippen LogP contribution in [0, 0.1) is 0 Å². The van der Waals surface area contributed by atoms with Gasteiger partial charge in [-0.25, -0.2) is 4.79 Å². The molecule has 2 rings (SSSR count). The average molecular weight is 259 g/mol. The van der Waals surface area contributed by atoms with Crippen molar-refractivity contribution < 1.29 is 18.0 Å². The number of anilines is 2. The number of nitrogen functional groups attached to an aromatic ring is 1. The molecule has 0 radical (unpaired) electrons. The summed E-state index contributed by atoms with van der Waals surface area (Å²) in [7, 11) is 0. The van der Waals surface area contributed by atoms with Gasteiger partial charge in [-0.2, -0.15) is 13.2 Å². The molecule has 0 aliphatic heterocycles. The summed E-state index contributed by atoms with van der Waals surface area (Å²) in [6.45, 7) is 0. The lowest BCUT2D eigenvalue weighted by Gasteiger charge is -2.20. The number of alkyl halides is 3. The van der Waals surface area contributed by atoms with Gasteiger partial charge in [0.2, 0.25) is 0 Å². The molecule has 98 valence electrons. The van der Waals surface area contributed by atoms with Crippen LogP contribution in [0.2, 0.25) is 0 Å². The fraction of sp³-hybridized carbons (Fsp3) is 0.364. The van der Waals surface area contributed by atoms with E-state index in [9.17, 15) is 18.0 Å². The molecule has 1 fully saturated rings. The quantitative estimate of drug-likeness (QED) is 0.714. The molecule has 4 nitrogen and oxygen atoms in total. The van der Waals surface area contributed by atoms with E-state index in [0.29, 0.717) is 11.4 Å². The van der Waals surface area contributed by atoms with E-state index in [2.05, 4.69) is 5.32 Å². The fourth-order valence-corrected chi connectivity index (χ4v) is 1.55. The van der Waals surface area contributed by atoms with Crippen LogP contribution >= 0.6 is 0 Å². The number of amides is 2. The van der Waals surface area contributed by atoms with Crippen LogP contribution < -0.4 is 16.4 Å². The zero-order valence-electron chi connectivity index (χ0n) is 9.34. The summed E-state index contributed by atoms with van der Waals surface area (Å²) >= 11 is 0. The van der Waals surface area contributed by atoms with Gasteiger partial charge in [0.25, 0.3) is 0 Å². The first-order valence-corrected chi connectivity index (χ1v) is 5.34. The summed E-state index contributed by atoms with van der Waals surface area (Å²) in [5.74, 6) is 0. The number of urea groups is 1. The highest BCUT2D eigenvalue weighted by Crippen LogP contribution is 2.48.